The number of aliphatic imine (C=N–C) groups is 1. The van der Waals surface area contributed by atoms with E-state index in [9.17, 15) is 9.18 Å². The van der Waals surface area contributed by atoms with E-state index >= 15 is 0 Å². The molecule has 0 spiro atoms. The minimum Gasteiger partial charge on any atom is -0.494 e. The molecule has 0 amide bonds. The average Bonchev–Trinajstić information content (AvgIpc) is 2.38. The van der Waals surface area contributed by atoms with E-state index in [1.54, 1.807) is 13.0 Å². The van der Waals surface area contributed by atoms with Crippen molar-refractivity contribution in [3.8, 4) is 5.75 Å². The first-order valence-electron chi connectivity index (χ1n) is 5.48. The van der Waals surface area contributed by atoms with Crippen LogP contribution in [0.2, 0.25) is 0 Å². The van der Waals surface area contributed by atoms with Crippen molar-refractivity contribution in [2.24, 2.45) is 4.99 Å². The quantitative estimate of drug-likeness (QED) is 0.615. The number of hydrogen-bond donors (Lipinski definition) is 0. The minimum absolute atomic E-state index is 0.136. The number of ether oxygens (including phenoxy) is 2. The highest BCUT2D eigenvalue weighted by Gasteiger charge is 2.09. The van der Waals surface area contributed by atoms with Crippen LogP contribution in [-0.4, -0.2) is 25.9 Å². The SMILES string of the molecule is CCOC(=O)/C=N/C=Cc1c(Br)ccc(OC)c1F. The van der Waals surface area contributed by atoms with E-state index in [1.165, 1.54) is 25.5 Å². The van der Waals surface area contributed by atoms with Crippen LogP contribution in [0.15, 0.2) is 27.8 Å². The molecule has 6 heteroatoms. The predicted molar refractivity (Wildman–Crippen MR) is 74.8 cm³/mol. The number of hydrogen-bond acceptors (Lipinski definition) is 4. The van der Waals surface area contributed by atoms with E-state index in [0.29, 0.717) is 10.0 Å². The number of nitrogens with zero attached hydrogens (tertiary/aromatic N) is 1. The van der Waals surface area contributed by atoms with E-state index in [0.717, 1.165) is 6.21 Å². The molecule has 0 saturated heterocycles. The van der Waals surface area contributed by atoms with Gasteiger partial charge in [0.05, 0.1) is 13.7 Å². The van der Waals surface area contributed by atoms with Crippen molar-refractivity contribution in [1.29, 1.82) is 0 Å². The van der Waals surface area contributed by atoms with Crippen molar-refractivity contribution in [1.82, 2.24) is 0 Å². The zero-order chi connectivity index (χ0) is 14.3. The van der Waals surface area contributed by atoms with Crippen LogP contribution in [0.1, 0.15) is 12.5 Å². The fraction of sp³-hybridized carbons (Fsp3) is 0.231. The molecule has 0 unspecified atom stereocenters. The van der Waals surface area contributed by atoms with Crippen molar-refractivity contribution in [3.05, 3.63) is 34.2 Å². The Morgan fingerprint density at radius 3 is 2.89 bits per heavy atom. The van der Waals surface area contributed by atoms with Gasteiger partial charge in [-0.25, -0.2) is 9.18 Å². The molecule has 0 aliphatic heterocycles. The number of halogens is 2. The summed E-state index contributed by atoms with van der Waals surface area (Å²) < 4.78 is 24.0. The molecule has 0 radical (unpaired) electrons. The average molecular weight is 330 g/mol. The molecule has 0 aromatic heterocycles. The molecule has 0 fully saturated rings. The summed E-state index contributed by atoms with van der Waals surface area (Å²) in [5.41, 5.74) is 0.292. The lowest BCUT2D eigenvalue weighted by molar-refractivity contribution is -0.134. The van der Waals surface area contributed by atoms with Crippen LogP contribution < -0.4 is 4.74 Å². The van der Waals surface area contributed by atoms with Gasteiger partial charge in [-0.05, 0) is 25.1 Å². The second-order valence-corrected chi connectivity index (χ2v) is 4.18. The maximum atomic E-state index is 13.9. The third-order valence-corrected chi connectivity index (χ3v) is 2.80. The van der Waals surface area contributed by atoms with Gasteiger partial charge in [-0.15, -0.1) is 0 Å². The Bertz CT molecular complexity index is 515. The summed E-state index contributed by atoms with van der Waals surface area (Å²) in [6.07, 6.45) is 3.75. The summed E-state index contributed by atoms with van der Waals surface area (Å²) in [6, 6.07) is 3.18. The molecule has 0 atom stereocenters. The molecule has 0 N–H and O–H groups in total. The molecule has 19 heavy (non-hydrogen) atoms. The smallest absolute Gasteiger partial charge is 0.349 e. The highest BCUT2D eigenvalue weighted by Crippen LogP contribution is 2.28. The number of rotatable bonds is 5. The van der Waals surface area contributed by atoms with Gasteiger partial charge in [-0.2, -0.15) is 0 Å². The monoisotopic (exact) mass is 329 g/mol. The topological polar surface area (TPSA) is 47.9 Å². The van der Waals surface area contributed by atoms with Crippen molar-refractivity contribution in [2.45, 2.75) is 6.92 Å². The Hall–Kier alpha value is -1.69. The number of carbonyl (C=O) groups excluding carboxylic acids is 1. The maximum absolute atomic E-state index is 13.9. The molecule has 0 heterocycles. The molecule has 1 aromatic rings. The summed E-state index contributed by atoms with van der Waals surface area (Å²) >= 11 is 3.23. The van der Waals surface area contributed by atoms with E-state index < -0.39 is 11.8 Å². The Morgan fingerprint density at radius 2 is 2.26 bits per heavy atom. The second kappa shape index (κ2) is 7.68. The Balaban J connectivity index is 2.85. The van der Waals surface area contributed by atoms with Gasteiger partial charge in [0.15, 0.2) is 11.6 Å². The van der Waals surface area contributed by atoms with E-state index in [2.05, 4.69) is 25.7 Å². The number of carbonyl (C=O) groups is 1. The molecule has 4 nitrogen and oxygen atoms in total. The van der Waals surface area contributed by atoms with Crippen LogP contribution >= 0.6 is 15.9 Å². The van der Waals surface area contributed by atoms with Crippen LogP contribution in [0.5, 0.6) is 5.75 Å². The Kier molecular flexibility index (Phi) is 6.21. The summed E-state index contributed by atoms with van der Waals surface area (Å²) in [5, 5.41) is 0. The zero-order valence-electron chi connectivity index (χ0n) is 10.5. The zero-order valence-corrected chi connectivity index (χ0v) is 12.1. The van der Waals surface area contributed by atoms with E-state index in [1.807, 2.05) is 0 Å². The molecular weight excluding hydrogens is 317 g/mol. The van der Waals surface area contributed by atoms with Gasteiger partial charge in [0.1, 0.15) is 6.21 Å². The third kappa shape index (κ3) is 4.48. The number of benzene rings is 1. The van der Waals surface area contributed by atoms with Gasteiger partial charge in [0, 0.05) is 16.2 Å². The van der Waals surface area contributed by atoms with Crippen LogP contribution in [-0.2, 0) is 9.53 Å². The Morgan fingerprint density at radius 1 is 1.53 bits per heavy atom. The normalized spacial score (nSPS) is 11.2. The fourth-order valence-corrected chi connectivity index (χ4v) is 1.70. The van der Waals surface area contributed by atoms with Gasteiger partial charge < -0.3 is 9.47 Å². The summed E-state index contributed by atoms with van der Waals surface area (Å²) in [6.45, 7) is 1.98. The lowest BCUT2D eigenvalue weighted by atomic mass is 10.2. The molecule has 0 aliphatic rings. The third-order valence-electron chi connectivity index (χ3n) is 2.10. The van der Waals surface area contributed by atoms with Gasteiger partial charge in [0.2, 0.25) is 0 Å². The summed E-state index contributed by atoms with van der Waals surface area (Å²) in [4.78, 5) is 14.7. The lowest BCUT2D eigenvalue weighted by Crippen LogP contribution is -2.03. The first-order chi connectivity index (χ1) is 9.10. The second-order valence-electron chi connectivity index (χ2n) is 3.32. The fourth-order valence-electron chi connectivity index (χ4n) is 1.26. The largest absolute Gasteiger partial charge is 0.494 e. The predicted octanol–water partition coefficient (Wildman–Crippen LogP) is 3.20. The summed E-state index contributed by atoms with van der Waals surface area (Å²) in [5.74, 6) is -0.908. The lowest BCUT2D eigenvalue weighted by Gasteiger charge is -2.05. The van der Waals surface area contributed by atoms with Crippen LogP contribution in [0, 0.1) is 5.82 Å². The van der Waals surface area contributed by atoms with Crippen molar-refractivity contribution in [2.75, 3.05) is 13.7 Å². The van der Waals surface area contributed by atoms with Crippen molar-refractivity contribution >= 4 is 34.2 Å². The number of methoxy groups -OCH3 is 1. The van der Waals surface area contributed by atoms with E-state index in [4.69, 9.17) is 4.74 Å². The molecule has 0 saturated carbocycles. The first-order valence-corrected chi connectivity index (χ1v) is 6.28. The minimum atomic E-state index is -0.544. The van der Waals surface area contributed by atoms with Crippen molar-refractivity contribution in [3.63, 3.8) is 0 Å². The molecule has 1 aromatic carbocycles. The standard InChI is InChI=1S/C13H13BrFNO3/c1-3-19-12(17)8-16-7-6-9-10(14)4-5-11(18-2)13(9)15/h4-8H,3H2,1-2H3/b7-6?,16-8+. The summed E-state index contributed by atoms with van der Waals surface area (Å²) in [7, 11) is 1.39. The molecule has 0 aliphatic carbocycles. The van der Waals surface area contributed by atoms with Crippen LogP contribution in [0.4, 0.5) is 4.39 Å². The molecular formula is C13H13BrFNO3. The Labute approximate surface area is 119 Å². The van der Waals surface area contributed by atoms with E-state index in [-0.39, 0.29) is 12.4 Å². The van der Waals surface area contributed by atoms with Gasteiger partial charge in [0.25, 0.3) is 0 Å². The highest BCUT2D eigenvalue weighted by atomic mass is 79.9. The maximum Gasteiger partial charge on any atom is 0.349 e. The van der Waals surface area contributed by atoms with Gasteiger partial charge in [-0.1, -0.05) is 15.9 Å². The van der Waals surface area contributed by atoms with Gasteiger partial charge in [-0.3, -0.25) is 4.99 Å². The molecule has 102 valence electrons. The van der Waals surface area contributed by atoms with Gasteiger partial charge >= 0.3 is 5.97 Å². The van der Waals surface area contributed by atoms with Crippen LogP contribution in [0.25, 0.3) is 6.08 Å². The molecule has 0 bridgehead atoms. The number of esters is 1. The highest BCUT2D eigenvalue weighted by molar-refractivity contribution is 9.10. The first kappa shape index (κ1) is 15.4. The van der Waals surface area contributed by atoms with Crippen molar-refractivity contribution < 1.29 is 18.7 Å². The van der Waals surface area contributed by atoms with Crippen LogP contribution in [0.3, 0.4) is 0 Å². The molecule has 1 rings (SSSR count).